The van der Waals surface area contributed by atoms with Crippen LogP contribution in [0.3, 0.4) is 0 Å². The Morgan fingerprint density at radius 3 is 2.50 bits per heavy atom. The molecule has 0 aliphatic rings. The highest BCUT2D eigenvalue weighted by atomic mass is 16.5. The molecule has 1 amide bonds. The first-order valence-electron chi connectivity index (χ1n) is 7.84. The van der Waals surface area contributed by atoms with Crippen molar-refractivity contribution in [3.63, 3.8) is 0 Å². The molecule has 0 fully saturated rings. The maximum Gasteiger partial charge on any atom is 0.277 e. The molecule has 0 unspecified atom stereocenters. The number of carbonyl (C=O) groups excluding carboxylic acids is 1. The van der Waals surface area contributed by atoms with Crippen LogP contribution in [0.5, 0.6) is 11.5 Å². The molecule has 0 heterocycles. The highest BCUT2D eigenvalue weighted by Gasteiger charge is 2.06. The van der Waals surface area contributed by atoms with E-state index in [2.05, 4.69) is 10.5 Å². The van der Waals surface area contributed by atoms with Crippen molar-refractivity contribution in [3.05, 3.63) is 59.2 Å². The molecular weight excluding hydrogens is 304 g/mol. The second kappa shape index (κ2) is 8.15. The van der Waals surface area contributed by atoms with Gasteiger partial charge in [0.05, 0.1) is 5.71 Å². The van der Waals surface area contributed by atoms with Gasteiger partial charge >= 0.3 is 0 Å². The van der Waals surface area contributed by atoms with Crippen LogP contribution in [0.2, 0.25) is 0 Å². The van der Waals surface area contributed by atoms with Crippen molar-refractivity contribution in [3.8, 4) is 11.5 Å². The predicted molar refractivity (Wildman–Crippen MR) is 94.5 cm³/mol. The van der Waals surface area contributed by atoms with E-state index >= 15 is 0 Å². The van der Waals surface area contributed by atoms with Crippen LogP contribution < -0.4 is 10.2 Å². The molecule has 126 valence electrons. The van der Waals surface area contributed by atoms with E-state index in [9.17, 15) is 9.90 Å². The molecule has 0 bridgehead atoms. The Morgan fingerprint density at radius 2 is 1.88 bits per heavy atom. The smallest absolute Gasteiger partial charge is 0.277 e. The minimum atomic E-state index is -0.320. The number of aryl methyl sites for hydroxylation is 2. The molecule has 0 spiro atoms. The summed E-state index contributed by atoms with van der Waals surface area (Å²) in [5.74, 6) is 0.564. The normalized spacial score (nSPS) is 11.2. The Balaban J connectivity index is 1.94. The lowest BCUT2D eigenvalue weighted by Crippen LogP contribution is -2.26. The fourth-order valence-corrected chi connectivity index (χ4v) is 2.27. The van der Waals surface area contributed by atoms with Crippen LogP contribution in [0.4, 0.5) is 0 Å². The Morgan fingerprint density at radius 1 is 1.17 bits per heavy atom. The maximum atomic E-state index is 11.9. The molecule has 5 heteroatoms. The summed E-state index contributed by atoms with van der Waals surface area (Å²) in [7, 11) is 0. The average molecular weight is 326 g/mol. The molecular formula is C19H22N2O3. The van der Waals surface area contributed by atoms with Gasteiger partial charge in [-0.25, -0.2) is 5.43 Å². The Labute approximate surface area is 142 Å². The second-order valence-electron chi connectivity index (χ2n) is 5.55. The number of rotatable bonds is 6. The Kier molecular flexibility index (Phi) is 5.95. The van der Waals surface area contributed by atoms with Crippen molar-refractivity contribution in [2.45, 2.75) is 27.2 Å². The van der Waals surface area contributed by atoms with E-state index < -0.39 is 0 Å². The van der Waals surface area contributed by atoms with E-state index in [1.165, 1.54) is 0 Å². The van der Waals surface area contributed by atoms with Crippen molar-refractivity contribution < 1.29 is 14.6 Å². The topological polar surface area (TPSA) is 70.9 Å². The zero-order chi connectivity index (χ0) is 17.5. The van der Waals surface area contributed by atoms with Gasteiger partial charge in [0.15, 0.2) is 6.61 Å². The number of phenols is 1. The summed E-state index contributed by atoms with van der Waals surface area (Å²) in [6, 6.07) is 12.5. The van der Waals surface area contributed by atoms with Gasteiger partial charge in [-0.15, -0.1) is 0 Å². The third kappa shape index (κ3) is 4.84. The number of hydrazone groups is 1. The van der Waals surface area contributed by atoms with Crippen molar-refractivity contribution in [1.29, 1.82) is 0 Å². The van der Waals surface area contributed by atoms with Crippen molar-refractivity contribution in [1.82, 2.24) is 5.43 Å². The van der Waals surface area contributed by atoms with Crippen molar-refractivity contribution >= 4 is 11.6 Å². The number of hydrogen-bond donors (Lipinski definition) is 2. The third-order valence-corrected chi connectivity index (χ3v) is 3.54. The fourth-order valence-electron chi connectivity index (χ4n) is 2.27. The largest absolute Gasteiger partial charge is 0.508 e. The molecule has 0 saturated carbocycles. The van der Waals surface area contributed by atoms with Crippen LogP contribution in [0, 0.1) is 13.8 Å². The second-order valence-corrected chi connectivity index (χ2v) is 5.55. The van der Waals surface area contributed by atoms with Gasteiger partial charge in [0.1, 0.15) is 11.5 Å². The van der Waals surface area contributed by atoms with Gasteiger partial charge in [-0.3, -0.25) is 4.79 Å². The minimum Gasteiger partial charge on any atom is -0.508 e. The molecule has 2 N–H and O–H groups in total. The number of nitrogens with one attached hydrogen (secondary N) is 1. The summed E-state index contributed by atoms with van der Waals surface area (Å²) in [6.45, 7) is 5.80. The standard InChI is InChI=1S/C19H22N2O3/c1-4-17(15-6-8-16(22)9-7-15)20-21-19(23)12-24-18-10-5-13(2)11-14(18)3/h5-11,22H,4,12H2,1-3H3,(H,21,23). The molecule has 0 aliphatic heterocycles. The summed E-state index contributed by atoms with van der Waals surface area (Å²) in [5.41, 5.74) is 6.23. The molecule has 5 nitrogen and oxygen atoms in total. The van der Waals surface area contributed by atoms with E-state index in [0.29, 0.717) is 12.2 Å². The van der Waals surface area contributed by atoms with E-state index in [0.717, 1.165) is 22.4 Å². The highest BCUT2D eigenvalue weighted by Crippen LogP contribution is 2.18. The minimum absolute atomic E-state index is 0.0972. The van der Waals surface area contributed by atoms with Gasteiger partial charge in [-0.2, -0.15) is 5.10 Å². The van der Waals surface area contributed by atoms with Crippen LogP contribution in [0.1, 0.15) is 30.0 Å². The van der Waals surface area contributed by atoms with Gasteiger partial charge in [0.25, 0.3) is 5.91 Å². The third-order valence-electron chi connectivity index (χ3n) is 3.54. The maximum absolute atomic E-state index is 11.9. The summed E-state index contributed by atoms with van der Waals surface area (Å²) < 4.78 is 5.53. The molecule has 2 aromatic carbocycles. The first-order chi connectivity index (χ1) is 11.5. The van der Waals surface area contributed by atoms with Crippen molar-refractivity contribution in [2.24, 2.45) is 5.10 Å². The number of phenolic OH excluding ortho intramolecular Hbond substituents is 1. The summed E-state index contributed by atoms with van der Waals surface area (Å²) >= 11 is 0. The van der Waals surface area contributed by atoms with E-state index in [1.54, 1.807) is 24.3 Å². The average Bonchev–Trinajstić information content (AvgIpc) is 2.56. The number of carbonyl (C=O) groups is 1. The molecule has 0 aromatic heterocycles. The number of nitrogens with zero attached hydrogens (tertiary/aromatic N) is 1. The molecule has 0 aliphatic carbocycles. The van der Waals surface area contributed by atoms with Gasteiger partial charge in [0.2, 0.25) is 0 Å². The zero-order valence-electron chi connectivity index (χ0n) is 14.2. The summed E-state index contributed by atoms with van der Waals surface area (Å²) in [4.78, 5) is 11.9. The lowest BCUT2D eigenvalue weighted by atomic mass is 10.1. The zero-order valence-corrected chi connectivity index (χ0v) is 14.2. The molecule has 24 heavy (non-hydrogen) atoms. The number of amides is 1. The molecule has 0 saturated heterocycles. The Hall–Kier alpha value is -2.82. The molecule has 0 radical (unpaired) electrons. The number of benzene rings is 2. The number of hydrogen-bond acceptors (Lipinski definition) is 4. The predicted octanol–water partition coefficient (Wildman–Crippen LogP) is 3.32. The van der Waals surface area contributed by atoms with Gasteiger partial charge in [-0.05, 0) is 61.7 Å². The summed E-state index contributed by atoms with van der Waals surface area (Å²) in [6.07, 6.45) is 0.656. The highest BCUT2D eigenvalue weighted by molar-refractivity contribution is 6.01. The first kappa shape index (κ1) is 17.5. The quantitative estimate of drug-likeness (QED) is 0.632. The van der Waals surface area contributed by atoms with Gasteiger partial charge in [0, 0.05) is 0 Å². The van der Waals surface area contributed by atoms with Crippen LogP contribution >= 0.6 is 0 Å². The monoisotopic (exact) mass is 326 g/mol. The van der Waals surface area contributed by atoms with E-state index in [4.69, 9.17) is 4.74 Å². The number of aromatic hydroxyl groups is 1. The molecule has 0 atom stereocenters. The summed E-state index contributed by atoms with van der Waals surface area (Å²) in [5, 5.41) is 13.5. The van der Waals surface area contributed by atoms with E-state index in [1.807, 2.05) is 39.0 Å². The van der Waals surface area contributed by atoms with Crippen LogP contribution in [0.15, 0.2) is 47.6 Å². The molecule has 2 rings (SSSR count). The lowest BCUT2D eigenvalue weighted by molar-refractivity contribution is -0.123. The fraction of sp³-hybridized carbons (Fsp3) is 0.263. The van der Waals surface area contributed by atoms with Crippen LogP contribution in [-0.2, 0) is 4.79 Å². The van der Waals surface area contributed by atoms with Gasteiger partial charge < -0.3 is 9.84 Å². The SMILES string of the molecule is CCC(=NNC(=O)COc1ccc(C)cc1C)c1ccc(O)cc1. The van der Waals surface area contributed by atoms with Crippen LogP contribution in [0.25, 0.3) is 0 Å². The number of ether oxygens (including phenoxy) is 1. The first-order valence-corrected chi connectivity index (χ1v) is 7.84. The Bertz CT molecular complexity index is 737. The molecule has 2 aromatic rings. The lowest BCUT2D eigenvalue weighted by Gasteiger charge is -2.09. The van der Waals surface area contributed by atoms with Crippen LogP contribution in [-0.4, -0.2) is 23.3 Å². The van der Waals surface area contributed by atoms with E-state index in [-0.39, 0.29) is 18.3 Å². The van der Waals surface area contributed by atoms with Gasteiger partial charge in [-0.1, -0.05) is 24.6 Å². The van der Waals surface area contributed by atoms with Crippen molar-refractivity contribution in [2.75, 3.05) is 6.61 Å².